The number of carbonyl (C=O) groups excluding carboxylic acids is 1. The molecule has 0 aromatic carbocycles. The van der Waals surface area contributed by atoms with Crippen molar-refractivity contribution < 1.29 is 14.3 Å². The summed E-state index contributed by atoms with van der Waals surface area (Å²) in [4.78, 5) is 15.3. The Morgan fingerprint density at radius 2 is 2.25 bits per heavy atom. The number of aryl methyl sites for hydroxylation is 1. The van der Waals surface area contributed by atoms with Crippen LogP contribution in [0.15, 0.2) is 30.5 Å². The van der Waals surface area contributed by atoms with Gasteiger partial charge in [0.1, 0.15) is 12.4 Å². The first-order chi connectivity index (χ1) is 7.63. The average molecular weight is 221 g/mol. The molecule has 0 unspecified atom stereocenters. The van der Waals surface area contributed by atoms with E-state index in [1.807, 2.05) is 13.0 Å². The predicted molar refractivity (Wildman–Crippen MR) is 60.2 cm³/mol. The van der Waals surface area contributed by atoms with E-state index in [9.17, 15) is 4.79 Å². The van der Waals surface area contributed by atoms with Crippen molar-refractivity contribution in [3.8, 4) is 5.75 Å². The molecule has 4 nitrogen and oxygen atoms in total. The number of esters is 1. The van der Waals surface area contributed by atoms with Crippen molar-refractivity contribution >= 4 is 5.97 Å². The number of hydrogen-bond donors (Lipinski definition) is 0. The minimum absolute atomic E-state index is 0.115. The van der Waals surface area contributed by atoms with Crippen molar-refractivity contribution in [2.75, 3.05) is 13.2 Å². The Labute approximate surface area is 94.9 Å². The lowest BCUT2D eigenvalue weighted by Crippen LogP contribution is -2.13. The molecule has 86 valence electrons. The van der Waals surface area contributed by atoms with Crippen LogP contribution in [-0.2, 0) is 9.53 Å². The Bertz CT molecular complexity index is 370. The molecule has 0 bridgehead atoms. The highest BCUT2D eigenvalue weighted by Crippen LogP contribution is 2.09. The van der Waals surface area contributed by atoms with Gasteiger partial charge in [0.25, 0.3) is 0 Å². The number of rotatable bonds is 5. The van der Waals surface area contributed by atoms with E-state index in [0.717, 1.165) is 5.69 Å². The van der Waals surface area contributed by atoms with Crippen LogP contribution in [0.1, 0.15) is 12.6 Å². The minimum Gasteiger partial charge on any atom is -0.487 e. The van der Waals surface area contributed by atoms with Gasteiger partial charge in [-0.1, -0.05) is 6.58 Å². The van der Waals surface area contributed by atoms with Gasteiger partial charge in [-0.05, 0) is 26.0 Å². The summed E-state index contributed by atoms with van der Waals surface area (Å²) in [5, 5.41) is 0. The Kier molecular flexibility index (Phi) is 4.51. The van der Waals surface area contributed by atoms with Crippen molar-refractivity contribution in [1.29, 1.82) is 0 Å². The molecule has 0 saturated carbocycles. The summed E-state index contributed by atoms with van der Waals surface area (Å²) in [6.45, 7) is 7.67. The highest BCUT2D eigenvalue weighted by Gasteiger charge is 2.08. The standard InChI is InChI=1S/C12H15NO3/c1-4-15-12(14)9(2)8-16-11-6-5-10(3)13-7-11/h5-7H,2,4,8H2,1,3H3. The average Bonchev–Trinajstić information content (AvgIpc) is 2.28. The van der Waals surface area contributed by atoms with Gasteiger partial charge in [0, 0.05) is 5.69 Å². The fraction of sp³-hybridized carbons (Fsp3) is 0.333. The summed E-state index contributed by atoms with van der Waals surface area (Å²) in [5.41, 5.74) is 1.21. The molecular weight excluding hydrogens is 206 g/mol. The zero-order valence-corrected chi connectivity index (χ0v) is 9.53. The van der Waals surface area contributed by atoms with E-state index in [4.69, 9.17) is 9.47 Å². The molecule has 0 fully saturated rings. The zero-order chi connectivity index (χ0) is 12.0. The van der Waals surface area contributed by atoms with Gasteiger partial charge in [0.2, 0.25) is 0 Å². The fourth-order valence-electron chi connectivity index (χ4n) is 1.00. The fourth-order valence-corrected chi connectivity index (χ4v) is 1.00. The normalized spacial score (nSPS) is 9.62. The van der Waals surface area contributed by atoms with Gasteiger partial charge < -0.3 is 9.47 Å². The van der Waals surface area contributed by atoms with E-state index >= 15 is 0 Å². The lowest BCUT2D eigenvalue weighted by Gasteiger charge is -2.07. The molecule has 1 rings (SSSR count). The van der Waals surface area contributed by atoms with Crippen molar-refractivity contribution in [3.63, 3.8) is 0 Å². The van der Waals surface area contributed by atoms with Gasteiger partial charge in [0.15, 0.2) is 0 Å². The molecule has 1 aromatic heterocycles. The number of nitrogens with zero attached hydrogens (tertiary/aromatic N) is 1. The summed E-state index contributed by atoms with van der Waals surface area (Å²) < 4.78 is 10.1. The number of carbonyl (C=O) groups is 1. The summed E-state index contributed by atoms with van der Waals surface area (Å²) in [5.74, 6) is 0.179. The molecular formula is C12H15NO3. The van der Waals surface area contributed by atoms with Crippen LogP contribution in [0.25, 0.3) is 0 Å². The third-order valence-electron chi connectivity index (χ3n) is 1.86. The van der Waals surface area contributed by atoms with Crippen LogP contribution in [0, 0.1) is 6.92 Å². The molecule has 0 aliphatic carbocycles. The molecule has 0 N–H and O–H groups in total. The largest absolute Gasteiger partial charge is 0.487 e. The summed E-state index contributed by atoms with van der Waals surface area (Å²) in [6.07, 6.45) is 1.60. The second-order valence-corrected chi connectivity index (χ2v) is 3.25. The quantitative estimate of drug-likeness (QED) is 0.562. The maximum atomic E-state index is 11.2. The summed E-state index contributed by atoms with van der Waals surface area (Å²) in [6, 6.07) is 3.63. The first kappa shape index (κ1) is 12.2. The first-order valence-electron chi connectivity index (χ1n) is 5.04. The third kappa shape index (κ3) is 3.73. The number of pyridine rings is 1. The van der Waals surface area contributed by atoms with E-state index in [0.29, 0.717) is 17.9 Å². The Morgan fingerprint density at radius 1 is 1.50 bits per heavy atom. The highest BCUT2D eigenvalue weighted by atomic mass is 16.5. The van der Waals surface area contributed by atoms with Crippen LogP contribution >= 0.6 is 0 Å². The Morgan fingerprint density at radius 3 is 2.81 bits per heavy atom. The highest BCUT2D eigenvalue weighted by molar-refractivity contribution is 5.87. The molecule has 16 heavy (non-hydrogen) atoms. The molecule has 1 aromatic rings. The van der Waals surface area contributed by atoms with E-state index in [1.165, 1.54) is 0 Å². The van der Waals surface area contributed by atoms with Crippen molar-refractivity contribution in [2.24, 2.45) is 0 Å². The maximum absolute atomic E-state index is 11.2. The van der Waals surface area contributed by atoms with Gasteiger partial charge in [-0.25, -0.2) is 4.79 Å². The maximum Gasteiger partial charge on any atom is 0.336 e. The van der Waals surface area contributed by atoms with Crippen LogP contribution in [0.4, 0.5) is 0 Å². The first-order valence-corrected chi connectivity index (χ1v) is 5.04. The predicted octanol–water partition coefficient (Wildman–Crippen LogP) is 1.89. The van der Waals surface area contributed by atoms with Crippen molar-refractivity contribution in [2.45, 2.75) is 13.8 Å². The van der Waals surface area contributed by atoms with Gasteiger partial charge >= 0.3 is 5.97 Å². The number of aromatic nitrogens is 1. The van der Waals surface area contributed by atoms with E-state index in [2.05, 4.69) is 11.6 Å². The monoisotopic (exact) mass is 221 g/mol. The Hall–Kier alpha value is -1.84. The second kappa shape index (κ2) is 5.90. The minimum atomic E-state index is -0.428. The molecule has 0 spiro atoms. The number of hydrogen-bond acceptors (Lipinski definition) is 4. The molecule has 0 atom stereocenters. The molecule has 0 radical (unpaired) electrons. The molecule has 4 heteroatoms. The molecule has 0 aliphatic rings. The molecule has 0 saturated heterocycles. The zero-order valence-electron chi connectivity index (χ0n) is 9.53. The van der Waals surface area contributed by atoms with Crippen LogP contribution < -0.4 is 4.74 Å². The second-order valence-electron chi connectivity index (χ2n) is 3.25. The van der Waals surface area contributed by atoms with Crippen LogP contribution in [0.2, 0.25) is 0 Å². The lowest BCUT2D eigenvalue weighted by atomic mass is 10.3. The molecule has 1 heterocycles. The van der Waals surface area contributed by atoms with Crippen LogP contribution in [0.5, 0.6) is 5.75 Å². The lowest BCUT2D eigenvalue weighted by molar-refractivity contribution is -0.138. The van der Waals surface area contributed by atoms with E-state index < -0.39 is 5.97 Å². The topological polar surface area (TPSA) is 48.4 Å². The SMILES string of the molecule is C=C(COc1ccc(C)nc1)C(=O)OCC. The Balaban J connectivity index is 2.42. The summed E-state index contributed by atoms with van der Waals surface area (Å²) >= 11 is 0. The van der Waals surface area contributed by atoms with Crippen LogP contribution in [0.3, 0.4) is 0 Å². The van der Waals surface area contributed by atoms with E-state index in [1.54, 1.807) is 19.2 Å². The molecule has 0 aliphatic heterocycles. The van der Waals surface area contributed by atoms with Crippen molar-refractivity contribution in [3.05, 3.63) is 36.2 Å². The summed E-state index contributed by atoms with van der Waals surface area (Å²) in [7, 11) is 0. The van der Waals surface area contributed by atoms with Gasteiger partial charge in [-0.3, -0.25) is 4.98 Å². The number of ether oxygens (including phenoxy) is 2. The third-order valence-corrected chi connectivity index (χ3v) is 1.86. The van der Waals surface area contributed by atoms with E-state index in [-0.39, 0.29) is 6.61 Å². The van der Waals surface area contributed by atoms with Crippen molar-refractivity contribution in [1.82, 2.24) is 4.98 Å². The molecule has 0 amide bonds. The van der Waals surface area contributed by atoms with Crippen LogP contribution in [-0.4, -0.2) is 24.2 Å². The van der Waals surface area contributed by atoms with Gasteiger partial charge in [0.05, 0.1) is 18.4 Å². The van der Waals surface area contributed by atoms with Gasteiger partial charge in [-0.15, -0.1) is 0 Å². The smallest absolute Gasteiger partial charge is 0.336 e. The van der Waals surface area contributed by atoms with Gasteiger partial charge in [-0.2, -0.15) is 0 Å².